The summed E-state index contributed by atoms with van der Waals surface area (Å²) in [7, 11) is 0. The third kappa shape index (κ3) is 1.93. The third-order valence-corrected chi connectivity index (χ3v) is 3.73. The first-order valence-corrected chi connectivity index (χ1v) is 6.29. The van der Waals surface area contributed by atoms with Gasteiger partial charge in [0.2, 0.25) is 0 Å². The van der Waals surface area contributed by atoms with E-state index >= 15 is 0 Å². The lowest BCUT2D eigenvalue weighted by Crippen LogP contribution is -2.08. The van der Waals surface area contributed by atoms with Crippen LogP contribution in [0.15, 0.2) is 48.5 Å². The van der Waals surface area contributed by atoms with E-state index < -0.39 is 0 Å². The normalized spacial score (nSPS) is 15.5. The summed E-state index contributed by atoms with van der Waals surface area (Å²) in [6.07, 6.45) is 4.06. The van der Waals surface area contributed by atoms with E-state index in [1.807, 2.05) is 18.2 Å². The number of rotatable bonds is 2. The molecule has 0 bridgehead atoms. The van der Waals surface area contributed by atoms with Crippen molar-refractivity contribution in [2.75, 3.05) is 5.73 Å². The molecule has 0 heterocycles. The topological polar surface area (TPSA) is 26.0 Å². The SMILES string of the molecule is Nc1ccccc1-c1cccc(C2CCC2)c1. The predicted molar refractivity (Wildman–Crippen MR) is 72.9 cm³/mol. The fraction of sp³-hybridized carbons (Fsp3) is 0.250. The summed E-state index contributed by atoms with van der Waals surface area (Å²) >= 11 is 0. The quantitative estimate of drug-likeness (QED) is 0.758. The molecule has 2 aromatic rings. The van der Waals surface area contributed by atoms with E-state index in [0.29, 0.717) is 0 Å². The van der Waals surface area contributed by atoms with Crippen molar-refractivity contribution >= 4 is 5.69 Å². The van der Waals surface area contributed by atoms with E-state index in [4.69, 9.17) is 5.73 Å². The average Bonchev–Trinajstić information content (AvgIpc) is 2.28. The summed E-state index contributed by atoms with van der Waals surface area (Å²) in [4.78, 5) is 0. The zero-order chi connectivity index (χ0) is 11.7. The van der Waals surface area contributed by atoms with Crippen molar-refractivity contribution in [3.63, 3.8) is 0 Å². The number of hydrogen-bond donors (Lipinski definition) is 1. The van der Waals surface area contributed by atoms with Gasteiger partial charge in [0.1, 0.15) is 0 Å². The number of para-hydroxylation sites is 1. The van der Waals surface area contributed by atoms with Gasteiger partial charge in [0.15, 0.2) is 0 Å². The minimum absolute atomic E-state index is 0.778. The molecule has 1 nitrogen and oxygen atoms in total. The number of nitrogen functional groups attached to an aromatic ring is 1. The van der Waals surface area contributed by atoms with Gasteiger partial charge in [-0.1, -0.05) is 48.9 Å². The largest absolute Gasteiger partial charge is 0.398 e. The molecule has 86 valence electrons. The van der Waals surface area contributed by atoms with Crippen LogP contribution in [0.5, 0.6) is 0 Å². The fourth-order valence-corrected chi connectivity index (χ4v) is 2.46. The van der Waals surface area contributed by atoms with Gasteiger partial charge in [0.05, 0.1) is 0 Å². The van der Waals surface area contributed by atoms with E-state index in [0.717, 1.165) is 17.2 Å². The van der Waals surface area contributed by atoms with Crippen LogP contribution in [0.3, 0.4) is 0 Å². The Morgan fingerprint density at radius 1 is 0.941 bits per heavy atom. The molecule has 0 aromatic heterocycles. The van der Waals surface area contributed by atoms with E-state index in [1.54, 1.807) is 0 Å². The summed E-state index contributed by atoms with van der Waals surface area (Å²) in [5.41, 5.74) is 10.7. The molecule has 0 atom stereocenters. The molecule has 1 aliphatic carbocycles. The molecule has 0 radical (unpaired) electrons. The van der Waals surface area contributed by atoms with Crippen molar-refractivity contribution in [2.45, 2.75) is 25.2 Å². The first kappa shape index (κ1) is 10.4. The van der Waals surface area contributed by atoms with Gasteiger partial charge in [0.25, 0.3) is 0 Å². The van der Waals surface area contributed by atoms with E-state index in [-0.39, 0.29) is 0 Å². The van der Waals surface area contributed by atoms with Crippen molar-refractivity contribution in [2.24, 2.45) is 0 Å². The summed E-state index contributed by atoms with van der Waals surface area (Å²) in [5, 5.41) is 0. The lowest BCUT2D eigenvalue weighted by atomic mass is 9.79. The molecule has 3 rings (SSSR count). The highest BCUT2D eigenvalue weighted by Gasteiger charge is 2.19. The van der Waals surface area contributed by atoms with Crippen LogP contribution in [-0.2, 0) is 0 Å². The molecule has 17 heavy (non-hydrogen) atoms. The van der Waals surface area contributed by atoms with Gasteiger partial charge in [-0.2, -0.15) is 0 Å². The molecule has 1 saturated carbocycles. The van der Waals surface area contributed by atoms with Crippen LogP contribution in [0.25, 0.3) is 11.1 Å². The zero-order valence-corrected chi connectivity index (χ0v) is 9.89. The Balaban J connectivity index is 2.00. The Morgan fingerprint density at radius 2 is 1.76 bits per heavy atom. The molecule has 2 aromatic carbocycles. The second-order valence-electron chi connectivity index (χ2n) is 4.84. The van der Waals surface area contributed by atoms with Crippen LogP contribution in [-0.4, -0.2) is 0 Å². The summed E-state index contributed by atoms with van der Waals surface area (Å²) in [6, 6.07) is 16.9. The van der Waals surface area contributed by atoms with Crippen LogP contribution in [0, 0.1) is 0 Å². The molecule has 1 heteroatoms. The predicted octanol–water partition coefficient (Wildman–Crippen LogP) is 4.20. The van der Waals surface area contributed by atoms with Gasteiger partial charge >= 0.3 is 0 Å². The molecule has 0 saturated heterocycles. The number of benzene rings is 2. The van der Waals surface area contributed by atoms with Crippen LogP contribution in [0.1, 0.15) is 30.7 Å². The van der Waals surface area contributed by atoms with Crippen molar-refractivity contribution in [1.29, 1.82) is 0 Å². The molecular weight excluding hydrogens is 206 g/mol. The number of nitrogens with two attached hydrogens (primary N) is 1. The van der Waals surface area contributed by atoms with Crippen LogP contribution in [0.2, 0.25) is 0 Å². The third-order valence-electron chi connectivity index (χ3n) is 3.73. The van der Waals surface area contributed by atoms with Gasteiger partial charge in [-0.05, 0) is 36.0 Å². The van der Waals surface area contributed by atoms with Crippen molar-refractivity contribution in [3.05, 3.63) is 54.1 Å². The maximum absolute atomic E-state index is 6.03. The molecule has 0 unspecified atom stereocenters. The Bertz CT molecular complexity index is 527. The highest BCUT2D eigenvalue weighted by atomic mass is 14.6. The van der Waals surface area contributed by atoms with Gasteiger partial charge in [-0.3, -0.25) is 0 Å². The molecule has 1 aliphatic rings. The highest BCUT2D eigenvalue weighted by Crippen LogP contribution is 2.38. The average molecular weight is 223 g/mol. The Kier molecular flexibility index (Phi) is 2.60. The Morgan fingerprint density at radius 3 is 2.47 bits per heavy atom. The molecule has 2 N–H and O–H groups in total. The molecule has 0 amide bonds. The van der Waals surface area contributed by atoms with Crippen molar-refractivity contribution in [1.82, 2.24) is 0 Å². The Labute approximate surface area is 102 Å². The first-order chi connectivity index (χ1) is 8.34. The second-order valence-corrected chi connectivity index (χ2v) is 4.84. The lowest BCUT2D eigenvalue weighted by Gasteiger charge is -2.26. The highest BCUT2D eigenvalue weighted by molar-refractivity contribution is 5.76. The standard InChI is InChI=1S/C16H17N/c17-16-10-2-1-9-15(16)14-8-4-7-13(11-14)12-5-3-6-12/h1-2,4,7-12H,3,5-6,17H2. The van der Waals surface area contributed by atoms with E-state index in [9.17, 15) is 0 Å². The van der Waals surface area contributed by atoms with Crippen LogP contribution < -0.4 is 5.73 Å². The monoisotopic (exact) mass is 223 g/mol. The fourth-order valence-electron chi connectivity index (χ4n) is 2.46. The summed E-state index contributed by atoms with van der Waals surface area (Å²) < 4.78 is 0. The molecule has 1 fully saturated rings. The van der Waals surface area contributed by atoms with E-state index in [2.05, 4.69) is 30.3 Å². The Hall–Kier alpha value is -1.76. The van der Waals surface area contributed by atoms with E-state index in [1.165, 1.54) is 30.4 Å². The minimum Gasteiger partial charge on any atom is -0.398 e. The maximum atomic E-state index is 6.03. The summed E-state index contributed by atoms with van der Waals surface area (Å²) in [5.74, 6) is 0.778. The van der Waals surface area contributed by atoms with Crippen molar-refractivity contribution < 1.29 is 0 Å². The van der Waals surface area contributed by atoms with Crippen LogP contribution >= 0.6 is 0 Å². The minimum atomic E-state index is 0.778. The van der Waals surface area contributed by atoms with Gasteiger partial charge in [-0.25, -0.2) is 0 Å². The lowest BCUT2D eigenvalue weighted by molar-refractivity contribution is 0.420. The summed E-state index contributed by atoms with van der Waals surface area (Å²) in [6.45, 7) is 0. The molecule has 0 spiro atoms. The van der Waals surface area contributed by atoms with Crippen molar-refractivity contribution in [3.8, 4) is 11.1 Å². The molecule has 0 aliphatic heterocycles. The van der Waals surface area contributed by atoms with Gasteiger partial charge in [-0.15, -0.1) is 0 Å². The zero-order valence-electron chi connectivity index (χ0n) is 9.89. The molecular formula is C16H17N. The number of anilines is 1. The smallest absolute Gasteiger partial charge is 0.0393 e. The maximum Gasteiger partial charge on any atom is 0.0393 e. The number of hydrogen-bond acceptors (Lipinski definition) is 1. The van der Waals surface area contributed by atoms with Crippen LogP contribution in [0.4, 0.5) is 5.69 Å². The van der Waals surface area contributed by atoms with Gasteiger partial charge < -0.3 is 5.73 Å². The first-order valence-electron chi connectivity index (χ1n) is 6.29. The second kappa shape index (κ2) is 4.25. The van der Waals surface area contributed by atoms with Gasteiger partial charge in [0, 0.05) is 11.3 Å².